The first kappa shape index (κ1) is 17.2. The highest BCUT2D eigenvalue weighted by Crippen LogP contribution is 2.14. The number of nitrogens with one attached hydrogen (secondary N) is 2. The third-order valence-electron chi connectivity index (χ3n) is 3.59. The van der Waals surface area contributed by atoms with Crippen molar-refractivity contribution in [1.82, 2.24) is 10.6 Å². The zero-order valence-corrected chi connectivity index (χ0v) is 14.4. The molecule has 0 atom stereocenters. The number of rotatable bonds is 7. The van der Waals surface area contributed by atoms with E-state index in [2.05, 4.69) is 34.7 Å². The van der Waals surface area contributed by atoms with Crippen molar-refractivity contribution in [3.8, 4) is 0 Å². The van der Waals surface area contributed by atoms with Crippen molar-refractivity contribution < 1.29 is 9.47 Å². The van der Waals surface area contributed by atoms with Crippen LogP contribution >= 0.6 is 11.3 Å². The molecule has 2 rings (SSSR count). The number of ether oxygens (including phenoxy) is 2. The molecule has 2 N–H and O–H groups in total. The number of aryl methyl sites for hydroxylation is 1. The number of hydrogen-bond donors (Lipinski definition) is 2. The molecule has 0 bridgehead atoms. The van der Waals surface area contributed by atoms with Gasteiger partial charge in [-0.3, -0.25) is 4.99 Å². The van der Waals surface area contributed by atoms with Gasteiger partial charge in [0.25, 0.3) is 0 Å². The molecule has 5 nitrogen and oxygen atoms in total. The van der Waals surface area contributed by atoms with Crippen LogP contribution < -0.4 is 10.6 Å². The van der Waals surface area contributed by atoms with Gasteiger partial charge in [-0.1, -0.05) is 0 Å². The fourth-order valence-electron chi connectivity index (χ4n) is 2.34. The van der Waals surface area contributed by atoms with E-state index >= 15 is 0 Å². The molecule has 124 valence electrons. The highest BCUT2D eigenvalue weighted by Gasteiger charge is 2.13. The van der Waals surface area contributed by atoms with Crippen molar-refractivity contribution >= 4 is 17.3 Å². The van der Waals surface area contributed by atoms with Crippen LogP contribution in [-0.4, -0.2) is 45.5 Å². The molecule has 0 radical (unpaired) electrons. The van der Waals surface area contributed by atoms with Crippen molar-refractivity contribution in [1.29, 1.82) is 0 Å². The monoisotopic (exact) mass is 325 g/mol. The lowest BCUT2D eigenvalue weighted by molar-refractivity contribution is -0.0320. The lowest BCUT2D eigenvalue weighted by atomic mass is 10.1. The summed E-state index contributed by atoms with van der Waals surface area (Å²) in [6.45, 7) is 6.27. The predicted octanol–water partition coefficient (Wildman–Crippen LogP) is 2.31. The summed E-state index contributed by atoms with van der Waals surface area (Å²) >= 11 is 1.81. The van der Waals surface area contributed by atoms with Crippen molar-refractivity contribution in [2.45, 2.75) is 38.8 Å². The average molecular weight is 325 g/mol. The van der Waals surface area contributed by atoms with Gasteiger partial charge in [0, 0.05) is 43.2 Å². The number of aliphatic imine (C=N–C) groups is 1. The van der Waals surface area contributed by atoms with Gasteiger partial charge in [-0.25, -0.2) is 0 Å². The van der Waals surface area contributed by atoms with Gasteiger partial charge in [-0.15, -0.1) is 11.3 Å². The van der Waals surface area contributed by atoms with E-state index in [4.69, 9.17) is 9.47 Å². The molecule has 0 saturated carbocycles. The van der Waals surface area contributed by atoms with E-state index in [1.165, 1.54) is 9.75 Å². The van der Waals surface area contributed by atoms with Crippen molar-refractivity contribution in [3.63, 3.8) is 0 Å². The molecule has 6 heteroatoms. The summed E-state index contributed by atoms with van der Waals surface area (Å²) in [7, 11) is 1.80. The third-order valence-corrected chi connectivity index (χ3v) is 4.59. The summed E-state index contributed by atoms with van der Waals surface area (Å²) < 4.78 is 11.2. The van der Waals surface area contributed by atoms with Gasteiger partial charge < -0.3 is 20.1 Å². The highest BCUT2D eigenvalue weighted by molar-refractivity contribution is 7.11. The van der Waals surface area contributed by atoms with E-state index < -0.39 is 0 Å². The van der Waals surface area contributed by atoms with Crippen LogP contribution in [0.5, 0.6) is 0 Å². The Labute approximate surface area is 137 Å². The average Bonchev–Trinajstić information content (AvgIpc) is 2.96. The van der Waals surface area contributed by atoms with E-state index in [0.29, 0.717) is 6.10 Å². The number of thiophene rings is 1. The maximum absolute atomic E-state index is 5.85. The minimum Gasteiger partial charge on any atom is -0.381 e. The van der Waals surface area contributed by atoms with Gasteiger partial charge in [-0.05, 0) is 38.3 Å². The van der Waals surface area contributed by atoms with Crippen molar-refractivity contribution in [3.05, 3.63) is 21.9 Å². The summed E-state index contributed by atoms with van der Waals surface area (Å²) in [6.07, 6.45) is 3.41. The first-order valence-corrected chi connectivity index (χ1v) is 8.79. The van der Waals surface area contributed by atoms with Gasteiger partial charge in [0.2, 0.25) is 0 Å². The van der Waals surface area contributed by atoms with Gasteiger partial charge in [0.1, 0.15) is 0 Å². The van der Waals surface area contributed by atoms with Crippen LogP contribution in [0.2, 0.25) is 0 Å². The second-order valence-electron chi connectivity index (χ2n) is 5.40. The lowest BCUT2D eigenvalue weighted by Crippen LogP contribution is -2.37. The van der Waals surface area contributed by atoms with E-state index in [0.717, 1.165) is 58.1 Å². The molecule has 1 aromatic heterocycles. The number of nitrogens with zero attached hydrogens (tertiary/aromatic N) is 1. The molecule has 0 spiro atoms. The van der Waals surface area contributed by atoms with E-state index in [1.807, 2.05) is 11.3 Å². The maximum Gasteiger partial charge on any atom is 0.191 e. The Kier molecular flexibility index (Phi) is 7.70. The number of hydrogen-bond acceptors (Lipinski definition) is 4. The van der Waals surface area contributed by atoms with Gasteiger partial charge in [-0.2, -0.15) is 0 Å². The Morgan fingerprint density at radius 2 is 2.18 bits per heavy atom. The molecule has 1 fully saturated rings. The molecule has 0 amide bonds. The Morgan fingerprint density at radius 3 is 2.86 bits per heavy atom. The molecule has 0 aromatic carbocycles. The lowest BCUT2D eigenvalue weighted by Gasteiger charge is -2.22. The molecule has 0 unspecified atom stereocenters. The SMILES string of the molecule is CN=C(NCCCOC1CCOCC1)NCc1ccc(C)s1. The molecular formula is C16H27N3O2S. The van der Waals surface area contributed by atoms with Crippen LogP contribution in [0.4, 0.5) is 0 Å². The molecule has 2 heterocycles. The summed E-state index contributed by atoms with van der Waals surface area (Å²) in [5.41, 5.74) is 0. The molecular weight excluding hydrogens is 298 g/mol. The minimum atomic E-state index is 0.383. The Bertz CT molecular complexity index is 456. The van der Waals surface area contributed by atoms with E-state index in [9.17, 15) is 0 Å². The second kappa shape index (κ2) is 9.82. The fraction of sp³-hybridized carbons (Fsp3) is 0.688. The summed E-state index contributed by atoms with van der Waals surface area (Å²) in [4.78, 5) is 6.90. The fourth-order valence-corrected chi connectivity index (χ4v) is 3.17. The molecule has 0 aliphatic carbocycles. The van der Waals surface area contributed by atoms with Crippen LogP contribution in [0, 0.1) is 6.92 Å². The molecule has 1 aliphatic rings. The predicted molar refractivity (Wildman–Crippen MR) is 91.7 cm³/mol. The normalized spacial score (nSPS) is 16.7. The topological polar surface area (TPSA) is 54.9 Å². The van der Waals surface area contributed by atoms with Crippen LogP contribution in [0.1, 0.15) is 29.0 Å². The summed E-state index contributed by atoms with van der Waals surface area (Å²) in [5.74, 6) is 0.845. The quantitative estimate of drug-likeness (QED) is 0.459. The number of guanidine groups is 1. The molecule has 1 aromatic rings. The Hall–Kier alpha value is -1.11. The Balaban J connectivity index is 1.54. The summed E-state index contributed by atoms with van der Waals surface area (Å²) in [6, 6.07) is 4.30. The van der Waals surface area contributed by atoms with Gasteiger partial charge in [0.05, 0.1) is 12.6 Å². The van der Waals surface area contributed by atoms with E-state index in [1.54, 1.807) is 7.05 Å². The second-order valence-corrected chi connectivity index (χ2v) is 6.77. The van der Waals surface area contributed by atoms with Crippen LogP contribution in [0.25, 0.3) is 0 Å². The van der Waals surface area contributed by atoms with E-state index in [-0.39, 0.29) is 0 Å². The zero-order chi connectivity index (χ0) is 15.6. The largest absolute Gasteiger partial charge is 0.381 e. The maximum atomic E-state index is 5.85. The molecule has 22 heavy (non-hydrogen) atoms. The highest BCUT2D eigenvalue weighted by atomic mass is 32.1. The molecule has 1 saturated heterocycles. The van der Waals surface area contributed by atoms with Crippen molar-refractivity contribution in [2.24, 2.45) is 4.99 Å². The third kappa shape index (κ3) is 6.34. The minimum absolute atomic E-state index is 0.383. The van der Waals surface area contributed by atoms with Crippen LogP contribution in [0.3, 0.4) is 0 Å². The van der Waals surface area contributed by atoms with Gasteiger partial charge >= 0.3 is 0 Å². The van der Waals surface area contributed by atoms with Crippen molar-refractivity contribution in [2.75, 3.05) is 33.4 Å². The smallest absolute Gasteiger partial charge is 0.191 e. The van der Waals surface area contributed by atoms with Crippen LogP contribution in [-0.2, 0) is 16.0 Å². The molecule has 1 aliphatic heterocycles. The standard InChI is InChI=1S/C16H27N3O2S/c1-13-4-5-15(22-13)12-19-16(17-2)18-8-3-9-21-14-6-10-20-11-7-14/h4-5,14H,3,6-12H2,1-2H3,(H2,17,18,19). The Morgan fingerprint density at radius 1 is 1.36 bits per heavy atom. The van der Waals surface area contributed by atoms with Crippen LogP contribution in [0.15, 0.2) is 17.1 Å². The zero-order valence-electron chi connectivity index (χ0n) is 13.6. The first-order valence-electron chi connectivity index (χ1n) is 7.97. The summed E-state index contributed by atoms with van der Waals surface area (Å²) in [5, 5.41) is 6.65. The van der Waals surface area contributed by atoms with Gasteiger partial charge in [0.15, 0.2) is 5.96 Å². The first-order chi connectivity index (χ1) is 10.8.